The number of benzene rings is 1. The summed E-state index contributed by atoms with van der Waals surface area (Å²) < 4.78 is 0. The van der Waals surface area contributed by atoms with Crippen molar-refractivity contribution in [3.05, 3.63) is 29.8 Å². The van der Waals surface area contributed by atoms with Gasteiger partial charge in [-0.15, -0.1) is 0 Å². The lowest BCUT2D eigenvalue weighted by molar-refractivity contribution is 0.275. The third kappa shape index (κ3) is 2.22. The van der Waals surface area contributed by atoms with Crippen molar-refractivity contribution in [1.29, 1.82) is 0 Å². The summed E-state index contributed by atoms with van der Waals surface area (Å²) in [5.41, 5.74) is 2.88. The molecule has 0 fully saturated rings. The lowest BCUT2D eigenvalue weighted by Crippen LogP contribution is -2.27. The van der Waals surface area contributed by atoms with E-state index in [1.807, 2.05) is 0 Å². The fourth-order valence-corrected chi connectivity index (χ4v) is 2.62. The van der Waals surface area contributed by atoms with Gasteiger partial charge in [-0.2, -0.15) is 0 Å². The van der Waals surface area contributed by atoms with Crippen LogP contribution in [0.5, 0.6) is 0 Å². The Kier molecular flexibility index (Phi) is 3.49. The molecule has 0 spiro atoms. The Labute approximate surface area is 98.9 Å². The predicted octanol–water partition coefficient (Wildman–Crippen LogP) is 2.91. The standard InChI is InChI=1S/C14H22N2/c1-15(2)13-9-6-7-11-16(3)14-10-5-4-8-12(13)14/h4-5,8,10,13H,6-7,9,11H2,1-3H3. The first-order chi connectivity index (χ1) is 7.70. The van der Waals surface area contributed by atoms with E-state index in [4.69, 9.17) is 0 Å². The molecule has 0 saturated heterocycles. The highest BCUT2D eigenvalue weighted by atomic mass is 15.1. The highest BCUT2D eigenvalue weighted by Gasteiger charge is 2.20. The third-order valence-corrected chi connectivity index (χ3v) is 3.55. The van der Waals surface area contributed by atoms with Gasteiger partial charge < -0.3 is 9.80 Å². The van der Waals surface area contributed by atoms with Crippen LogP contribution >= 0.6 is 0 Å². The van der Waals surface area contributed by atoms with E-state index >= 15 is 0 Å². The van der Waals surface area contributed by atoms with Crippen molar-refractivity contribution in [2.75, 3.05) is 32.6 Å². The molecule has 88 valence electrons. The van der Waals surface area contributed by atoms with Gasteiger partial charge in [0.25, 0.3) is 0 Å². The summed E-state index contributed by atoms with van der Waals surface area (Å²) >= 11 is 0. The predicted molar refractivity (Wildman–Crippen MR) is 70.0 cm³/mol. The minimum atomic E-state index is 0.568. The largest absolute Gasteiger partial charge is 0.374 e. The number of nitrogens with zero attached hydrogens (tertiary/aromatic N) is 2. The topological polar surface area (TPSA) is 6.48 Å². The van der Waals surface area contributed by atoms with Gasteiger partial charge in [0, 0.05) is 25.3 Å². The van der Waals surface area contributed by atoms with E-state index in [0.29, 0.717) is 6.04 Å². The quantitative estimate of drug-likeness (QED) is 0.715. The molecule has 1 aromatic rings. The molecule has 16 heavy (non-hydrogen) atoms. The maximum atomic E-state index is 2.39. The molecule has 1 unspecified atom stereocenters. The molecule has 2 nitrogen and oxygen atoms in total. The van der Waals surface area contributed by atoms with Crippen LogP contribution in [0.3, 0.4) is 0 Å². The lowest BCUT2D eigenvalue weighted by Gasteiger charge is -2.33. The van der Waals surface area contributed by atoms with Gasteiger partial charge in [-0.25, -0.2) is 0 Å². The minimum Gasteiger partial charge on any atom is -0.374 e. The van der Waals surface area contributed by atoms with Crippen molar-refractivity contribution >= 4 is 5.69 Å². The van der Waals surface area contributed by atoms with Crippen LogP contribution in [-0.2, 0) is 0 Å². The highest BCUT2D eigenvalue weighted by Crippen LogP contribution is 2.33. The molecule has 0 amide bonds. The molecule has 0 aromatic heterocycles. The Bertz CT molecular complexity index is 346. The van der Waals surface area contributed by atoms with Gasteiger partial charge in [-0.3, -0.25) is 0 Å². The zero-order valence-corrected chi connectivity index (χ0v) is 10.6. The van der Waals surface area contributed by atoms with Gasteiger partial charge in [0.1, 0.15) is 0 Å². The van der Waals surface area contributed by atoms with Gasteiger partial charge in [-0.05, 0) is 45.0 Å². The van der Waals surface area contributed by atoms with Gasteiger partial charge >= 0.3 is 0 Å². The monoisotopic (exact) mass is 218 g/mol. The second kappa shape index (κ2) is 4.88. The Morgan fingerprint density at radius 2 is 1.94 bits per heavy atom. The molecule has 1 aliphatic heterocycles. The van der Waals surface area contributed by atoms with E-state index in [0.717, 1.165) is 0 Å². The van der Waals surface area contributed by atoms with E-state index in [9.17, 15) is 0 Å². The Morgan fingerprint density at radius 3 is 2.69 bits per heavy atom. The molecule has 2 heteroatoms. The first-order valence-corrected chi connectivity index (χ1v) is 6.16. The fourth-order valence-electron chi connectivity index (χ4n) is 2.62. The summed E-state index contributed by atoms with van der Waals surface area (Å²) in [6.07, 6.45) is 3.90. The molecule has 0 bridgehead atoms. The van der Waals surface area contributed by atoms with Crippen molar-refractivity contribution in [3.63, 3.8) is 0 Å². The smallest absolute Gasteiger partial charge is 0.0412 e. The third-order valence-electron chi connectivity index (χ3n) is 3.55. The van der Waals surface area contributed by atoms with Crippen molar-refractivity contribution < 1.29 is 0 Å². The SMILES string of the molecule is CN1CCCCC(N(C)C)c2ccccc21. The number of anilines is 1. The van der Waals surface area contributed by atoms with Crippen molar-refractivity contribution in [3.8, 4) is 0 Å². The van der Waals surface area contributed by atoms with E-state index in [2.05, 4.69) is 55.2 Å². The van der Waals surface area contributed by atoms with Crippen LogP contribution in [0.4, 0.5) is 5.69 Å². The van der Waals surface area contributed by atoms with Crippen LogP contribution in [0.15, 0.2) is 24.3 Å². The van der Waals surface area contributed by atoms with Crippen LogP contribution in [0.25, 0.3) is 0 Å². The molecule has 1 aromatic carbocycles. The number of para-hydroxylation sites is 1. The molecule has 1 atom stereocenters. The second-order valence-electron chi connectivity index (χ2n) is 4.96. The number of fused-ring (bicyclic) bond motifs is 1. The van der Waals surface area contributed by atoms with Crippen LogP contribution in [0, 0.1) is 0 Å². The van der Waals surface area contributed by atoms with Gasteiger partial charge in [-0.1, -0.05) is 18.2 Å². The summed E-state index contributed by atoms with van der Waals surface area (Å²) in [6, 6.07) is 9.40. The summed E-state index contributed by atoms with van der Waals surface area (Å²) in [5.74, 6) is 0. The Morgan fingerprint density at radius 1 is 1.19 bits per heavy atom. The first-order valence-electron chi connectivity index (χ1n) is 6.16. The van der Waals surface area contributed by atoms with Gasteiger partial charge in [0.15, 0.2) is 0 Å². The lowest BCUT2D eigenvalue weighted by atomic mass is 9.96. The van der Waals surface area contributed by atoms with E-state index in [-0.39, 0.29) is 0 Å². The zero-order chi connectivity index (χ0) is 11.5. The summed E-state index contributed by atoms with van der Waals surface area (Å²) in [4.78, 5) is 4.74. The van der Waals surface area contributed by atoms with Crippen LogP contribution in [0.2, 0.25) is 0 Å². The van der Waals surface area contributed by atoms with Crippen LogP contribution < -0.4 is 4.90 Å². The summed E-state index contributed by atoms with van der Waals surface area (Å²) in [7, 11) is 6.57. The van der Waals surface area contributed by atoms with Gasteiger partial charge in [0.05, 0.1) is 0 Å². The summed E-state index contributed by atoms with van der Waals surface area (Å²) in [5, 5.41) is 0. The number of hydrogen-bond donors (Lipinski definition) is 0. The zero-order valence-electron chi connectivity index (χ0n) is 10.6. The molecule has 0 aliphatic carbocycles. The second-order valence-corrected chi connectivity index (χ2v) is 4.96. The number of rotatable bonds is 1. The summed E-state index contributed by atoms with van der Waals surface area (Å²) in [6.45, 7) is 1.18. The maximum Gasteiger partial charge on any atom is 0.0412 e. The van der Waals surface area contributed by atoms with E-state index in [1.54, 1.807) is 0 Å². The Balaban J connectivity index is 2.40. The fraction of sp³-hybridized carbons (Fsp3) is 0.571. The normalized spacial score (nSPS) is 21.5. The van der Waals surface area contributed by atoms with E-state index < -0.39 is 0 Å². The molecule has 1 heterocycles. The molecular formula is C14H22N2. The average molecular weight is 218 g/mol. The maximum absolute atomic E-state index is 2.39. The van der Waals surface area contributed by atoms with Crippen LogP contribution in [-0.4, -0.2) is 32.6 Å². The van der Waals surface area contributed by atoms with Crippen molar-refractivity contribution in [2.24, 2.45) is 0 Å². The minimum absolute atomic E-state index is 0.568. The van der Waals surface area contributed by atoms with Gasteiger partial charge in [0.2, 0.25) is 0 Å². The highest BCUT2D eigenvalue weighted by molar-refractivity contribution is 5.54. The van der Waals surface area contributed by atoms with Crippen molar-refractivity contribution in [1.82, 2.24) is 4.90 Å². The van der Waals surface area contributed by atoms with E-state index in [1.165, 1.54) is 37.1 Å². The molecule has 0 N–H and O–H groups in total. The molecule has 0 saturated carbocycles. The molecular weight excluding hydrogens is 196 g/mol. The molecule has 0 radical (unpaired) electrons. The van der Waals surface area contributed by atoms with Crippen molar-refractivity contribution in [2.45, 2.75) is 25.3 Å². The number of hydrogen-bond acceptors (Lipinski definition) is 2. The Hall–Kier alpha value is -1.02. The van der Waals surface area contributed by atoms with Crippen LogP contribution in [0.1, 0.15) is 30.9 Å². The average Bonchev–Trinajstić information content (AvgIpc) is 2.26. The first kappa shape index (κ1) is 11.5. The molecule has 1 aliphatic rings. The molecule has 2 rings (SSSR count).